The first-order valence-corrected chi connectivity index (χ1v) is 10.6. The number of nitrogens with zero attached hydrogens (tertiary/aromatic N) is 5. The zero-order chi connectivity index (χ0) is 23.9. The molecule has 0 aliphatic carbocycles. The summed E-state index contributed by atoms with van der Waals surface area (Å²) in [5.74, 6) is -1.29. The summed E-state index contributed by atoms with van der Waals surface area (Å²) in [6, 6.07) is 15.0. The molecule has 0 aliphatic heterocycles. The predicted octanol–water partition coefficient (Wildman–Crippen LogP) is 2.50. The Morgan fingerprint density at radius 2 is 1.82 bits per heavy atom. The molecule has 2 amide bonds. The lowest BCUT2D eigenvalue weighted by molar-refractivity contribution is -0.127. The molecule has 9 nitrogen and oxygen atoms in total. The van der Waals surface area contributed by atoms with Crippen LogP contribution in [0.2, 0.25) is 0 Å². The molecular weight excluding hydrogens is 439 g/mol. The molecule has 174 valence electrons. The molecule has 10 heteroatoms. The van der Waals surface area contributed by atoms with Gasteiger partial charge in [0.15, 0.2) is 0 Å². The number of nitrogens with one attached hydrogen (secondary N) is 1. The van der Waals surface area contributed by atoms with Gasteiger partial charge in [-0.3, -0.25) is 19.5 Å². The van der Waals surface area contributed by atoms with Crippen molar-refractivity contribution in [1.82, 2.24) is 25.3 Å². The standard InChI is InChI=1S/C24H23FN6O3/c1-34-15-14-27-24(33)23(17-10-12-26-13-11-17)31(19-8-6-18(25)7-9-19)22(32)16-30-21-5-3-2-4-20(21)28-29-30/h2-13,23H,14-16H2,1H3,(H,27,33). The molecule has 2 aromatic heterocycles. The predicted molar refractivity (Wildman–Crippen MR) is 123 cm³/mol. The third-order valence-electron chi connectivity index (χ3n) is 5.21. The average Bonchev–Trinajstić information content (AvgIpc) is 3.26. The van der Waals surface area contributed by atoms with Crippen molar-refractivity contribution in [2.24, 2.45) is 0 Å². The van der Waals surface area contributed by atoms with Gasteiger partial charge in [-0.1, -0.05) is 17.3 Å². The molecule has 0 spiro atoms. The number of methoxy groups -OCH3 is 1. The van der Waals surface area contributed by atoms with Gasteiger partial charge in [0.1, 0.15) is 23.9 Å². The number of pyridine rings is 1. The Bertz CT molecular complexity index is 1260. The zero-order valence-electron chi connectivity index (χ0n) is 18.5. The minimum absolute atomic E-state index is 0.176. The maximum absolute atomic E-state index is 13.7. The summed E-state index contributed by atoms with van der Waals surface area (Å²) in [6.07, 6.45) is 3.09. The second kappa shape index (κ2) is 10.6. The van der Waals surface area contributed by atoms with Gasteiger partial charge in [-0.2, -0.15) is 0 Å². The first-order chi connectivity index (χ1) is 16.6. The molecule has 2 aromatic carbocycles. The van der Waals surface area contributed by atoms with E-state index in [1.54, 1.807) is 30.6 Å². The Morgan fingerprint density at radius 3 is 2.56 bits per heavy atom. The quantitative estimate of drug-likeness (QED) is 0.384. The van der Waals surface area contributed by atoms with E-state index in [0.717, 1.165) is 0 Å². The Labute approximate surface area is 195 Å². The van der Waals surface area contributed by atoms with Crippen LogP contribution in [0.25, 0.3) is 11.0 Å². The lowest BCUT2D eigenvalue weighted by Crippen LogP contribution is -2.46. The number of benzene rings is 2. The molecule has 1 atom stereocenters. The van der Waals surface area contributed by atoms with Gasteiger partial charge in [-0.25, -0.2) is 9.07 Å². The monoisotopic (exact) mass is 462 g/mol. The summed E-state index contributed by atoms with van der Waals surface area (Å²) in [4.78, 5) is 32.4. The van der Waals surface area contributed by atoms with Gasteiger partial charge in [-0.05, 0) is 54.1 Å². The van der Waals surface area contributed by atoms with E-state index in [-0.39, 0.29) is 13.1 Å². The molecule has 4 rings (SSSR count). The van der Waals surface area contributed by atoms with Crippen LogP contribution in [0.1, 0.15) is 11.6 Å². The Hall–Kier alpha value is -4.18. The van der Waals surface area contributed by atoms with E-state index in [9.17, 15) is 14.0 Å². The molecule has 0 saturated heterocycles. The van der Waals surface area contributed by atoms with Gasteiger partial charge in [0.2, 0.25) is 11.8 Å². The Morgan fingerprint density at radius 1 is 1.09 bits per heavy atom. The number of amides is 2. The van der Waals surface area contributed by atoms with E-state index >= 15 is 0 Å². The number of ether oxygens (including phenoxy) is 1. The fraction of sp³-hybridized carbons (Fsp3) is 0.208. The highest BCUT2D eigenvalue weighted by atomic mass is 19.1. The second-order valence-electron chi connectivity index (χ2n) is 7.44. The van der Waals surface area contributed by atoms with Crippen LogP contribution in [0, 0.1) is 5.82 Å². The van der Waals surface area contributed by atoms with Crippen LogP contribution in [-0.2, 0) is 20.9 Å². The number of aromatic nitrogens is 4. The van der Waals surface area contributed by atoms with Crippen molar-refractivity contribution < 1.29 is 18.7 Å². The molecule has 2 heterocycles. The van der Waals surface area contributed by atoms with Gasteiger partial charge in [-0.15, -0.1) is 5.10 Å². The van der Waals surface area contributed by atoms with Crippen LogP contribution >= 0.6 is 0 Å². The first-order valence-electron chi connectivity index (χ1n) is 10.6. The van der Waals surface area contributed by atoms with Crippen LogP contribution in [-0.4, -0.2) is 52.1 Å². The summed E-state index contributed by atoms with van der Waals surface area (Å²) in [5.41, 5.74) is 2.23. The molecule has 1 N–H and O–H groups in total. The van der Waals surface area contributed by atoms with Crippen molar-refractivity contribution in [3.05, 3.63) is 84.4 Å². The van der Waals surface area contributed by atoms with Crippen LogP contribution in [0.4, 0.5) is 10.1 Å². The molecule has 0 saturated carbocycles. The normalized spacial score (nSPS) is 11.8. The SMILES string of the molecule is COCCNC(=O)C(c1ccncc1)N(C(=O)Cn1nnc2ccccc21)c1ccc(F)cc1. The van der Waals surface area contributed by atoms with Crippen molar-refractivity contribution in [1.29, 1.82) is 0 Å². The second-order valence-corrected chi connectivity index (χ2v) is 7.44. The number of hydrogen-bond donors (Lipinski definition) is 1. The first kappa shape index (κ1) is 23.0. The summed E-state index contributed by atoms with van der Waals surface area (Å²) < 4.78 is 20.2. The van der Waals surface area contributed by atoms with Crippen LogP contribution in [0.15, 0.2) is 73.1 Å². The number of carbonyl (C=O) groups is 2. The average molecular weight is 462 g/mol. The summed E-state index contributed by atoms with van der Waals surface area (Å²) >= 11 is 0. The third-order valence-corrected chi connectivity index (χ3v) is 5.21. The van der Waals surface area contributed by atoms with Crippen LogP contribution in [0.3, 0.4) is 0 Å². The van der Waals surface area contributed by atoms with Crippen molar-refractivity contribution in [3.8, 4) is 0 Å². The van der Waals surface area contributed by atoms with Crippen molar-refractivity contribution in [2.45, 2.75) is 12.6 Å². The van der Waals surface area contributed by atoms with Crippen molar-refractivity contribution >= 4 is 28.5 Å². The van der Waals surface area contributed by atoms with Crippen molar-refractivity contribution in [3.63, 3.8) is 0 Å². The fourth-order valence-corrected chi connectivity index (χ4v) is 3.61. The van der Waals surface area contributed by atoms with E-state index in [1.807, 2.05) is 18.2 Å². The highest BCUT2D eigenvalue weighted by Crippen LogP contribution is 2.28. The molecule has 4 aromatic rings. The minimum atomic E-state index is -1.03. The molecule has 34 heavy (non-hydrogen) atoms. The number of carbonyl (C=O) groups excluding carboxylic acids is 2. The van der Waals surface area contributed by atoms with Crippen LogP contribution < -0.4 is 10.2 Å². The van der Waals surface area contributed by atoms with Gasteiger partial charge in [0.05, 0.1) is 12.1 Å². The Balaban J connectivity index is 1.75. The topological polar surface area (TPSA) is 102 Å². The molecule has 0 aliphatic rings. The highest BCUT2D eigenvalue weighted by molar-refractivity contribution is 6.01. The van der Waals surface area contributed by atoms with E-state index in [2.05, 4.69) is 20.6 Å². The lowest BCUT2D eigenvalue weighted by Gasteiger charge is -2.31. The molecular formula is C24H23FN6O3. The summed E-state index contributed by atoms with van der Waals surface area (Å²) in [5, 5.41) is 11.0. The molecule has 0 bridgehead atoms. The fourth-order valence-electron chi connectivity index (χ4n) is 3.61. The summed E-state index contributed by atoms with van der Waals surface area (Å²) in [7, 11) is 1.53. The highest BCUT2D eigenvalue weighted by Gasteiger charge is 2.33. The minimum Gasteiger partial charge on any atom is -0.383 e. The zero-order valence-corrected chi connectivity index (χ0v) is 18.5. The smallest absolute Gasteiger partial charge is 0.249 e. The van der Waals surface area contributed by atoms with E-state index in [1.165, 1.54) is 41.0 Å². The molecule has 1 unspecified atom stereocenters. The molecule has 0 radical (unpaired) electrons. The van der Waals surface area contributed by atoms with Gasteiger partial charge in [0.25, 0.3) is 0 Å². The number of anilines is 1. The third kappa shape index (κ3) is 5.07. The number of hydrogen-bond acceptors (Lipinski definition) is 6. The van der Waals surface area contributed by atoms with Gasteiger partial charge in [0, 0.05) is 31.7 Å². The van der Waals surface area contributed by atoms with E-state index < -0.39 is 23.7 Å². The molecule has 0 fully saturated rings. The van der Waals surface area contributed by atoms with E-state index in [4.69, 9.17) is 4.74 Å². The van der Waals surface area contributed by atoms with Gasteiger partial charge >= 0.3 is 0 Å². The maximum Gasteiger partial charge on any atom is 0.249 e. The van der Waals surface area contributed by atoms with Crippen LogP contribution in [0.5, 0.6) is 0 Å². The largest absolute Gasteiger partial charge is 0.383 e. The van der Waals surface area contributed by atoms with Gasteiger partial charge < -0.3 is 10.1 Å². The van der Waals surface area contributed by atoms with E-state index in [0.29, 0.717) is 28.9 Å². The summed E-state index contributed by atoms with van der Waals surface area (Å²) in [6.45, 7) is 0.394. The lowest BCUT2D eigenvalue weighted by atomic mass is 10.0. The van der Waals surface area contributed by atoms with Crippen molar-refractivity contribution in [2.75, 3.05) is 25.2 Å². The number of fused-ring (bicyclic) bond motifs is 1. The number of para-hydroxylation sites is 1. The Kier molecular flexibility index (Phi) is 7.19. The maximum atomic E-state index is 13.7. The number of halogens is 1. The number of rotatable bonds is 9.